The summed E-state index contributed by atoms with van der Waals surface area (Å²) >= 11 is 1.62. The van der Waals surface area contributed by atoms with E-state index in [1.807, 2.05) is 19.1 Å². The molecule has 1 aromatic carbocycles. The lowest BCUT2D eigenvalue weighted by Crippen LogP contribution is -2.20. The maximum Gasteiger partial charge on any atom is 0.313 e. The van der Waals surface area contributed by atoms with Gasteiger partial charge in [-0.2, -0.15) is 0 Å². The van der Waals surface area contributed by atoms with Crippen LogP contribution in [0.3, 0.4) is 0 Å². The minimum absolute atomic E-state index is 0.00262. The highest BCUT2D eigenvalue weighted by Crippen LogP contribution is 2.45. The Hall–Kier alpha value is -3.00. The van der Waals surface area contributed by atoms with E-state index in [2.05, 4.69) is 10.2 Å². The van der Waals surface area contributed by atoms with Crippen molar-refractivity contribution in [3.05, 3.63) is 61.8 Å². The van der Waals surface area contributed by atoms with Gasteiger partial charge in [-0.1, -0.05) is 12.1 Å². The SMILES string of the molecule is Cc1ccc([C@@H]2CC(=O)Oc3n[nH]c(-c4cccc([N+](=O)[O-])c4)c32)s1. The second-order valence-electron chi connectivity index (χ2n) is 5.80. The van der Waals surface area contributed by atoms with E-state index in [1.54, 1.807) is 23.5 Å². The zero-order valence-electron chi connectivity index (χ0n) is 13.2. The number of aryl methyl sites for hydroxylation is 1. The fraction of sp³-hybridized carbons (Fsp3) is 0.176. The van der Waals surface area contributed by atoms with Gasteiger partial charge < -0.3 is 4.74 Å². The number of aromatic nitrogens is 2. The van der Waals surface area contributed by atoms with E-state index in [0.717, 1.165) is 15.3 Å². The molecule has 0 saturated carbocycles. The second-order valence-corrected chi connectivity index (χ2v) is 7.12. The molecule has 0 bridgehead atoms. The van der Waals surface area contributed by atoms with Gasteiger partial charge in [-0.3, -0.25) is 20.0 Å². The predicted octanol–water partition coefficient (Wildman–Crippen LogP) is 3.80. The number of hydrogen-bond donors (Lipinski definition) is 1. The Morgan fingerprint density at radius 2 is 2.20 bits per heavy atom. The highest BCUT2D eigenvalue weighted by Gasteiger charge is 2.34. The van der Waals surface area contributed by atoms with E-state index in [9.17, 15) is 14.9 Å². The number of fused-ring (bicyclic) bond motifs is 1. The van der Waals surface area contributed by atoms with Gasteiger partial charge >= 0.3 is 5.97 Å². The zero-order valence-corrected chi connectivity index (χ0v) is 14.0. The fourth-order valence-corrected chi connectivity index (χ4v) is 4.02. The summed E-state index contributed by atoms with van der Waals surface area (Å²) in [4.78, 5) is 24.8. The van der Waals surface area contributed by atoms with Crippen molar-refractivity contribution < 1.29 is 14.5 Å². The quantitative estimate of drug-likeness (QED) is 0.438. The summed E-state index contributed by atoms with van der Waals surface area (Å²) in [5, 5.41) is 18.0. The lowest BCUT2D eigenvalue weighted by atomic mass is 9.90. The number of rotatable bonds is 3. The largest absolute Gasteiger partial charge is 0.405 e. The first-order valence-corrected chi connectivity index (χ1v) is 8.44. The van der Waals surface area contributed by atoms with Crippen molar-refractivity contribution in [3.8, 4) is 17.1 Å². The molecule has 3 aromatic rings. The Balaban J connectivity index is 1.86. The van der Waals surface area contributed by atoms with E-state index in [1.165, 1.54) is 12.1 Å². The molecular formula is C17H13N3O4S. The van der Waals surface area contributed by atoms with Crippen LogP contribution in [-0.2, 0) is 4.79 Å². The van der Waals surface area contributed by atoms with Crippen molar-refractivity contribution in [2.24, 2.45) is 0 Å². The van der Waals surface area contributed by atoms with Gasteiger partial charge in [0.2, 0.25) is 5.88 Å². The van der Waals surface area contributed by atoms with Crippen LogP contribution in [0.15, 0.2) is 36.4 Å². The number of nitrogens with one attached hydrogen (secondary N) is 1. The normalized spacial score (nSPS) is 16.4. The molecule has 3 heterocycles. The number of hydrogen-bond acceptors (Lipinski definition) is 6. The fourth-order valence-electron chi connectivity index (χ4n) is 3.03. The van der Waals surface area contributed by atoms with Crippen LogP contribution >= 0.6 is 11.3 Å². The molecule has 2 aromatic heterocycles. The monoisotopic (exact) mass is 355 g/mol. The maximum atomic E-state index is 11.9. The molecule has 0 spiro atoms. The van der Waals surface area contributed by atoms with Gasteiger partial charge in [0, 0.05) is 33.4 Å². The second kappa shape index (κ2) is 5.82. The first-order valence-electron chi connectivity index (χ1n) is 7.63. The Bertz CT molecular complexity index is 991. The van der Waals surface area contributed by atoms with Crippen LogP contribution in [0.4, 0.5) is 5.69 Å². The molecule has 1 aliphatic rings. The number of aromatic amines is 1. The molecule has 0 radical (unpaired) electrons. The average molecular weight is 355 g/mol. The van der Waals surface area contributed by atoms with E-state index in [4.69, 9.17) is 4.74 Å². The van der Waals surface area contributed by atoms with E-state index >= 15 is 0 Å². The van der Waals surface area contributed by atoms with Gasteiger partial charge in [0.05, 0.1) is 22.6 Å². The minimum Gasteiger partial charge on any atom is -0.405 e. The Morgan fingerprint density at radius 1 is 1.36 bits per heavy atom. The maximum absolute atomic E-state index is 11.9. The summed E-state index contributed by atoms with van der Waals surface area (Å²) in [5.41, 5.74) is 2.04. The molecular weight excluding hydrogens is 342 g/mol. The van der Waals surface area contributed by atoms with Gasteiger partial charge in [0.1, 0.15) is 0 Å². The zero-order chi connectivity index (χ0) is 17.6. The lowest BCUT2D eigenvalue weighted by molar-refractivity contribution is -0.384. The van der Waals surface area contributed by atoms with Crippen molar-refractivity contribution in [2.45, 2.75) is 19.3 Å². The average Bonchev–Trinajstić information content (AvgIpc) is 3.20. The number of nitro groups is 1. The van der Waals surface area contributed by atoms with Crippen LogP contribution in [0, 0.1) is 17.0 Å². The van der Waals surface area contributed by atoms with Crippen molar-refractivity contribution in [2.75, 3.05) is 0 Å². The summed E-state index contributed by atoms with van der Waals surface area (Å²) in [7, 11) is 0. The third kappa shape index (κ3) is 2.70. The number of H-pyrrole nitrogens is 1. The Labute approximate surface area is 146 Å². The van der Waals surface area contributed by atoms with Crippen LogP contribution in [0.1, 0.15) is 27.7 Å². The van der Waals surface area contributed by atoms with Gasteiger partial charge in [-0.05, 0) is 19.1 Å². The summed E-state index contributed by atoms with van der Waals surface area (Å²) in [6.45, 7) is 2.01. The van der Waals surface area contributed by atoms with Crippen LogP contribution in [0.25, 0.3) is 11.3 Å². The number of benzene rings is 1. The number of nitro benzene ring substituents is 1. The predicted molar refractivity (Wildman–Crippen MR) is 91.8 cm³/mol. The smallest absolute Gasteiger partial charge is 0.313 e. The molecule has 1 atom stereocenters. The molecule has 0 fully saturated rings. The first-order chi connectivity index (χ1) is 12.0. The molecule has 126 valence electrons. The van der Waals surface area contributed by atoms with Crippen molar-refractivity contribution in [3.63, 3.8) is 0 Å². The number of thiophene rings is 1. The van der Waals surface area contributed by atoms with E-state index in [-0.39, 0.29) is 29.9 Å². The number of carbonyl (C=O) groups excluding carboxylic acids is 1. The number of carbonyl (C=O) groups is 1. The molecule has 8 heteroatoms. The summed E-state index contributed by atoms with van der Waals surface area (Å²) in [6.07, 6.45) is 0.217. The van der Waals surface area contributed by atoms with Crippen LogP contribution in [0.2, 0.25) is 0 Å². The Morgan fingerprint density at radius 3 is 2.92 bits per heavy atom. The lowest BCUT2D eigenvalue weighted by Gasteiger charge is -2.21. The third-order valence-corrected chi connectivity index (χ3v) is 5.26. The highest BCUT2D eigenvalue weighted by molar-refractivity contribution is 7.12. The number of ether oxygens (including phenoxy) is 1. The van der Waals surface area contributed by atoms with Crippen molar-refractivity contribution in [1.82, 2.24) is 10.2 Å². The topological polar surface area (TPSA) is 98.1 Å². The molecule has 0 amide bonds. The first kappa shape index (κ1) is 15.5. The van der Waals surface area contributed by atoms with Gasteiger partial charge in [0.15, 0.2) is 0 Å². The molecule has 1 aliphatic heterocycles. The molecule has 0 saturated heterocycles. The van der Waals surface area contributed by atoms with Crippen molar-refractivity contribution >= 4 is 23.0 Å². The van der Waals surface area contributed by atoms with Gasteiger partial charge in [0.25, 0.3) is 5.69 Å². The summed E-state index contributed by atoms with van der Waals surface area (Å²) in [6, 6.07) is 10.3. The highest BCUT2D eigenvalue weighted by atomic mass is 32.1. The van der Waals surface area contributed by atoms with Crippen molar-refractivity contribution in [1.29, 1.82) is 0 Å². The van der Waals surface area contributed by atoms with Crippen LogP contribution in [0.5, 0.6) is 5.88 Å². The van der Waals surface area contributed by atoms with E-state index < -0.39 is 4.92 Å². The number of nitrogens with zero attached hydrogens (tertiary/aromatic N) is 2. The molecule has 0 aliphatic carbocycles. The molecule has 25 heavy (non-hydrogen) atoms. The third-order valence-electron chi connectivity index (χ3n) is 4.15. The van der Waals surface area contributed by atoms with Gasteiger partial charge in [-0.25, -0.2) is 0 Å². The standard InChI is InChI=1S/C17H13N3O4S/c1-9-5-6-13(25-9)12-8-14(21)24-17-15(12)16(18-19-17)10-3-2-4-11(7-10)20(22)23/h2-7,12H,8H2,1H3,(H,18,19)/t12-/m0/s1. The number of esters is 1. The molecule has 0 unspecified atom stereocenters. The summed E-state index contributed by atoms with van der Waals surface area (Å²) < 4.78 is 5.26. The van der Waals surface area contributed by atoms with Gasteiger partial charge in [-0.15, -0.1) is 16.4 Å². The van der Waals surface area contributed by atoms with Crippen LogP contribution < -0.4 is 4.74 Å². The molecule has 4 rings (SSSR count). The minimum atomic E-state index is -0.438. The summed E-state index contributed by atoms with van der Waals surface area (Å²) in [5.74, 6) is -0.266. The van der Waals surface area contributed by atoms with Crippen LogP contribution in [-0.4, -0.2) is 21.1 Å². The Kier molecular flexibility index (Phi) is 3.61. The molecule has 1 N–H and O–H groups in total. The number of non-ortho nitro benzene ring substituents is 1. The van der Waals surface area contributed by atoms with E-state index in [0.29, 0.717) is 11.3 Å². The molecule has 7 nitrogen and oxygen atoms in total.